The highest BCUT2D eigenvalue weighted by Crippen LogP contribution is 2.38. The van der Waals surface area contributed by atoms with Gasteiger partial charge in [-0.2, -0.15) is 0 Å². The number of hydrogen-bond donors (Lipinski definition) is 1. The van der Waals surface area contributed by atoms with Gasteiger partial charge in [-0.3, -0.25) is 0 Å². The smallest absolute Gasteiger partial charge is 0.0433 e. The molecule has 12 heavy (non-hydrogen) atoms. The third-order valence-electron chi connectivity index (χ3n) is 3.73. The molecule has 2 fully saturated rings. The van der Waals surface area contributed by atoms with Gasteiger partial charge < -0.3 is 10.0 Å². The van der Waals surface area contributed by atoms with E-state index in [0.29, 0.717) is 6.61 Å². The molecular weight excluding hydrogens is 150 g/mol. The topological polar surface area (TPSA) is 23.5 Å². The Morgan fingerprint density at radius 3 is 2.33 bits per heavy atom. The van der Waals surface area contributed by atoms with Gasteiger partial charge in [-0.15, -0.1) is 0 Å². The maximum Gasteiger partial charge on any atom is 0.0433 e. The molecule has 0 saturated carbocycles. The molecular formula is C10H19NO. The van der Waals surface area contributed by atoms with Crippen LogP contribution in [0.2, 0.25) is 0 Å². The largest absolute Gasteiger partial charge is 0.396 e. The van der Waals surface area contributed by atoms with Crippen molar-refractivity contribution in [1.29, 1.82) is 0 Å². The first-order valence-electron chi connectivity index (χ1n) is 5.14. The first kappa shape index (κ1) is 8.52. The molecule has 1 unspecified atom stereocenters. The van der Waals surface area contributed by atoms with E-state index in [4.69, 9.17) is 5.11 Å². The second-order valence-corrected chi connectivity index (χ2v) is 4.40. The molecule has 0 spiro atoms. The Morgan fingerprint density at radius 1 is 1.25 bits per heavy atom. The molecule has 0 aliphatic carbocycles. The van der Waals surface area contributed by atoms with Crippen molar-refractivity contribution in [2.45, 2.75) is 44.2 Å². The average molecular weight is 169 g/mol. The summed E-state index contributed by atoms with van der Waals surface area (Å²) in [5.41, 5.74) is 0. The molecule has 2 saturated heterocycles. The number of rotatable bonds is 2. The van der Waals surface area contributed by atoms with Crippen LogP contribution in [0.25, 0.3) is 0 Å². The summed E-state index contributed by atoms with van der Waals surface area (Å²) in [6.45, 7) is 0.383. The molecule has 0 radical (unpaired) electrons. The molecule has 1 N–H and O–H groups in total. The second kappa shape index (κ2) is 3.35. The van der Waals surface area contributed by atoms with Gasteiger partial charge in [-0.25, -0.2) is 0 Å². The fourth-order valence-electron chi connectivity index (χ4n) is 2.94. The summed E-state index contributed by atoms with van der Waals surface area (Å²) in [6, 6.07) is 1.67. The Hall–Kier alpha value is -0.0800. The SMILES string of the molecule is CN1[C@@H]2CC[C@H]1CC(CCO)C2. The summed E-state index contributed by atoms with van der Waals surface area (Å²) < 4.78 is 0. The number of hydrogen-bond acceptors (Lipinski definition) is 2. The van der Waals surface area contributed by atoms with Crippen molar-refractivity contribution in [2.75, 3.05) is 13.7 Å². The van der Waals surface area contributed by atoms with E-state index in [2.05, 4.69) is 11.9 Å². The molecule has 2 aliphatic rings. The second-order valence-electron chi connectivity index (χ2n) is 4.40. The first-order chi connectivity index (χ1) is 5.81. The number of nitrogens with zero attached hydrogens (tertiary/aromatic N) is 1. The number of aliphatic hydroxyl groups excluding tert-OH is 1. The maximum atomic E-state index is 8.86. The monoisotopic (exact) mass is 169 g/mol. The Kier molecular flexibility index (Phi) is 2.37. The highest BCUT2D eigenvalue weighted by molar-refractivity contribution is 4.93. The normalized spacial score (nSPS) is 42.0. The zero-order valence-electron chi connectivity index (χ0n) is 7.87. The highest BCUT2D eigenvalue weighted by Gasteiger charge is 2.37. The summed E-state index contributed by atoms with van der Waals surface area (Å²) in [4.78, 5) is 2.55. The van der Waals surface area contributed by atoms with Crippen LogP contribution >= 0.6 is 0 Å². The predicted octanol–water partition coefficient (Wildman–Crippen LogP) is 1.24. The molecule has 0 aromatic heterocycles. The number of aliphatic hydroxyl groups is 1. The van der Waals surface area contributed by atoms with Crippen LogP contribution in [0.4, 0.5) is 0 Å². The summed E-state index contributed by atoms with van der Waals surface area (Å²) in [5, 5.41) is 8.86. The van der Waals surface area contributed by atoms with Gasteiger partial charge in [0.2, 0.25) is 0 Å². The highest BCUT2D eigenvalue weighted by atomic mass is 16.3. The molecule has 2 heteroatoms. The van der Waals surface area contributed by atoms with Gasteiger partial charge in [0.25, 0.3) is 0 Å². The minimum atomic E-state index is 0.383. The van der Waals surface area contributed by atoms with E-state index in [1.165, 1.54) is 25.7 Å². The van der Waals surface area contributed by atoms with Gasteiger partial charge in [-0.1, -0.05) is 0 Å². The first-order valence-corrected chi connectivity index (χ1v) is 5.14. The number of fused-ring (bicyclic) bond motifs is 2. The van der Waals surface area contributed by atoms with E-state index in [1.54, 1.807) is 0 Å². The lowest BCUT2D eigenvalue weighted by atomic mass is 9.89. The molecule has 2 nitrogen and oxygen atoms in total. The van der Waals surface area contributed by atoms with Gasteiger partial charge in [0.1, 0.15) is 0 Å². The molecule has 0 amide bonds. The van der Waals surface area contributed by atoms with Crippen LogP contribution in [-0.4, -0.2) is 35.7 Å². The van der Waals surface area contributed by atoms with Crippen molar-refractivity contribution in [3.05, 3.63) is 0 Å². The van der Waals surface area contributed by atoms with Crippen LogP contribution in [0.15, 0.2) is 0 Å². The molecule has 2 heterocycles. The van der Waals surface area contributed by atoms with E-state index in [-0.39, 0.29) is 0 Å². The van der Waals surface area contributed by atoms with Crippen LogP contribution < -0.4 is 0 Å². The van der Waals surface area contributed by atoms with Crippen LogP contribution in [0.3, 0.4) is 0 Å². The molecule has 2 rings (SSSR count). The van der Waals surface area contributed by atoms with Crippen LogP contribution in [-0.2, 0) is 0 Å². The Balaban J connectivity index is 1.93. The molecule has 2 bridgehead atoms. The zero-order chi connectivity index (χ0) is 8.55. The standard InChI is InChI=1S/C10H19NO/c1-11-9-2-3-10(11)7-8(6-9)4-5-12/h8-10,12H,2-7H2,1H3/t8?,9-,10+. The Labute approximate surface area is 74.6 Å². The lowest BCUT2D eigenvalue weighted by molar-refractivity contribution is 0.116. The Morgan fingerprint density at radius 2 is 1.83 bits per heavy atom. The summed E-state index contributed by atoms with van der Waals surface area (Å²) in [7, 11) is 2.26. The van der Waals surface area contributed by atoms with E-state index in [1.807, 2.05) is 0 Å². The van der Waals surface area contributed by atoms with Gasteiger partial charge in [0.15, 0.2) is 0 Å². The summed E-state index contributed by atoms with van der Waals surface area (Å²) in [5.74, 6) is 0.809. The third kappa shape index (κ3) is 1.38. The molecule has 0 aromatic rings. The van der Waals surface area contributed by atoms with Crippen molar-refractivity contribution >= 4 is 0 Å². The maximum absolute atomic E-state index is 8.86. The van der Waals surface area contributed by atoms with Crippen LogP contribution in [0.1, 0.15) is 32.1 Å². The molecule has 3 atom stereocenters. The van der Waals surface area contributed by atoms with Crippen molar-refractivity contribution in [3.63, 3.8) is 0 Å². The minimum absolute atomic E-state index is 0.383. The summed E-state index contributed by atoms with van der Waals surface area (Å²) >= 11 is 0. The van der Waals surface area contributed by atoms with E-state index in [9.17, 15) is 0 Å². The molecule has 2 aliphatic heterocycles. The quantitative estimate of drug-likeness (QED) is 0.672. The van der Waals surface area contributed by atoms with Crippen molar-refractivity contribution in [3.8, 4) is 0 Å². The van der Waals surface area contributed by atoms with E-state index in [0.717, 1.165) is 24.4 Å². The zero-order valence-corrected chi connectivity index (χ0v) is 7.87. The summed E-state index contributed by atoms with van der Waals surface area (Å²) in [6.07, 6.45) is 6.47. The lowest BCUT2D eigenvalue weighted by Gasteiger charge is -2.36. The fraction of sp³-hybridized carbons (Fsp3) is 1.00. The minimum Gasteiger partial charge on any atom is -0.396 e. The van der Waals surface area contributed by atoms with Crippen molar-refractivity contribution in [1.82, 2.24) is 4.90 Å². The fourth-order valence-corrected chi connectivity index (χ4v) is 2.94. The van der Waals surface area contributed by atoms with Crippen LogP contribution in [0.5, 0.6) is 0 Å². The molecule has 0 aromatic carbocycles. The van der Waals surface area contributed by atoms with E-state index < -0.39 is 0 Å². The Bertz CT molecular complexity index is 146. The van der Waals surface area contributed by atoms with Crippen molar-refractivity contribution in [2.24, 2.45) is 5.92 Å². The van der Waals surface area contributed by atoms with Gasteiger partial charge in [0.05, 0.1) is 0 Å². The van der Waals surface area contributed by atoms with Crippen molar-refractivity contribution < 1.29 is 5.11 Å². The molecule has 70 valence electrons. The van der Waals surface area contributed by atoms with Crippen LogP contribution in [0, 0.1) is 5.92 Å². The van der Waals surface area contributed by atoms with E-state index >= 15 is 0 Å². The van der Waals surface area contributed by atoms with Gasteiger partial charge >= 0.3 is 0 Å². The predicted molar refractivity (Wildman–Crippen MR) is 49.0 cm³/mol. The van der Waals surface area contributed by atoms with Gasteiger partial charge in [0, 0.05) is 18.7 Å². The third-order valence-corrected chi connectivity index (χ3v) is 3.73. The average Bonchev–Trinajstić information content (AvgIpc) is 2.33. The van der Waals surface area contributed by atoms with Gasteiger partial charge in [-0.05, 0) is 45.1 Å². The number of piperidine rings is 1. The lowest BCUT2D eigenvalue weighted by Crippen LogP contribution is -2.40.